The van der Waals surface area contributed by atoms with Crippen LogP contribution in [0.4, 0.5) is 4.39 Å². The SMILES string of the molecule is O=C(Cn1ncn2cccc2c1=O)NCc1cccc(F)c1. The van der Waals surface area contributed by atoms with E-state index in [9.17, 15) is 14.0 Å². The minimum Gasteiger partial charge on any atom is -0.350 e. The molecule has 0 aliphatic rings. The van der Waals surface area contributed by atoms with E-state index in [0.717, 1.165) is 4.68 Å². The lowest BCUT2D eigenvalue weighted by molar-refractivity contribution is -0.122. The number of amides is 1. The third-order valence-electron chi connectivity index (χ3n) is 3.22. The summed E-state index contributed by atoms with van der Waals surface area (Å²) < 4.78 is 15.7. The predicted molar refractivity (Wildman–Crippen MR) is 77.7 cm³/mol. The first-order valence-corrected chi connectivity index (χ1v) is 6.67. The summed E-state index contributed by atoms with van der Waals surface area (Å²) in [5.74, 6) is -0.724. The van der Waals surface area contributed by atoms with Gasteiger partial charge in [-0.15, -0.1) is 0 Å². The molecule has 2 heterocycles. The highest BCUT2D eigenvalue weighted by molar-refractivity contribution is 5.75. The molecule has 6 nitrogen and oxygen atoms in total. The van der Waals surface area contributed by atoms with Gasteiger partial charge in [0, 0.05) is 12.7 Å². The van der Waals surface area contributed by atoms with Crippen molar-refractivity contribution >= 4 is 11.4 Å². The first kappa shape index (κ1) is 14.0. The molecule has 112 valence electrons. The normalized spacial score (nSPS) is 10.8. The fourth-order valence-electron chi connectivity index (χ4n) is 2.13. The molecule has 0 unspecified atom stereocenters. The maximum absolute atomic E-state index is 13.0. The van der Waals surface area contributed by atoms with Crippen LogP contribution in [0.2, 0.25) is 0 Å². The zero-order chi connectivity index (χ0) is 15.5. The second kappa shape index (κ2) is 5.80. The Balaban J connectivity index is 1.68. The zero-order valence-electron chi connectivity index (χ0n) is 11.6. The van der Waals surface area contributed by atoms with Crippen LogP contribution < -0.4 is 10.9 Å². The van der Waals surface area contributed by atoms with E-state index in [1.54, 1.807) is 34.9 Å². The first-order chi connectivity index (χ1) is 10.6. The van der Waals surface area contributed by atoms with Crippen molar-refractivity contribution in [2.75, 3.05) is 0 Å². The van der Waals surface area contributed by atoms with E-state index in [1.807, 2.05) is 0 Å². The third-order valence-corrected chi connectivity index (χ3v) is 3.22. The summed E-state index contributed by atoms with van der Waals surface area (Å²) in [5, 5.41) is 6.57. The maximum atomic E-state index is 13.0. The summed E-state index contributed by atoms with van der Waals surface area (Å²) in [7, 11) is 0. The number of aromatic nitrogens is 3. The summed E-state index contributed by atoms with van der Waals surface area (Å²) in [6, 6.07) is 9.35. The van der Waals surface area contributed by atoms with Gasteiger partial charge in [-0.25, -0.2) is 9.07 Å². The van der Waals surface area contributed by atoms with E-state index in [4.69, 9.17) is 0 Å². The highest BCUT2D eigenvalue weighted by Gasteiger charge is 2.08. The number of nitrogens with one attached hydrogen (secondary N) is 1. The van der Waals surface area contributed by atoms with Crippen molar-refractivity contribution in [1.29, 1.82) is 0 Å². The molecule has 7 heteroatoms. The van der Waals surface area contributed by atoms with Crippen molar-refractivity contribution in [3.63, 3.8) is 0 Å². The van der Waals surface area contributed by atoms with Gasteiger partial charge in [0.1, 0.15) is 24.2 Å². The topological polar surface area (TPSA) is 68.4 Å². The Morgan fingerprint density at radius 3 is 2.95 bits per heavy atom. The number of hydrogen-bond acceptors (Lipinski definition) is 3. The Labute approximate surface area is 124 Å². The molecule has 0 saturated carbocycles. The Bertz CT molecular complexity index is 884. The predicted octanol–water partition coefficient (Wildman–Crippen LogP) is 0.951. The van der Waals surface area contributed by atoms with Gasteiger partial charge in [0.25, 0.3) is 5.56 Å². The van der Waals surface area contributed by atoms with E-state index in [1.165, 1.54) is 18.5 Å². The lowest BCUT2D eigenvalue weighted by Crippen LogP contribution is -2.33. The summed E-state index contributed by atoms with van der Waals surface area (Å²) in [6.07, 6.45) is 3.18. The van der Waals surface area contributed by atoms with Crippen LogP contribution in [0.15, 0.2) is 53.7 Å². The van der Waals surface area contributed by atoms with Crippen molar-refractivity contribution in [2.24, 2.45) is 0 Å². The van der Waals surface area contributed by atoms with Gasteiger partial charge in [-0.3, -0.25) is 9.59 Å². The van der Waals surface area contributed by atoms with Crippen LogP contribution in [-0.4, -0.2) is 20.1 Å². The third kappa shape index (κ3) is 2.88. The van der Waals surface area contributed by atoms with Crippen molar-refractivity contribution in [2.45, 2.75) is 13.1 Å². The Kier molecular flexibility index (Phi) is 3.69. The fourth-order valence-corrected chi connectivity index (χ4v) is 2.13. The van der Waals surface area contributed by atoms with Gasteiger partial charge in [-0.05, 0) is 29.8 Å². The second-order valence-corrected chi connectivity index (χ2v) is 4.80. The van der Waals surface area contributed by atoms with Gasteiger partial charge in [0.15, 0.2) is 0 Å². The van der Waals surface area contributed by atoms with E-state index in [2.05, 4.69) is 10.4 Å². The second-order valence-electron chi connectivity index (χ2n) is 4.80. The average molecular weight is 300 g/mol. The maximum Gasteiger partial charge on any atom is 0.291 e. The molecule has 0 bridgehead atoms. The van der Waals surface area contributed by atoms with Gasteiger partial charge in [-0.2, -0.15) is 5.10 Å². The molecule has 0 aliphatic heterocycles. The molecule has 2 aromatic heterocycles. The van der Waals surface area contributed by atoms with E-state index in [-0.39, 0.29) is 30.4 Å². The van der Waals surface area contributed by atoms with Crippen LogP contribution >= 0.6 is 0 Å². The van der Waals surface area contributed by atoms with Crippen LogP contribution in [-0.2, 0) is 17.9 Å². The quantitative estimate of drug-likeness (QED) is 0.780. The number of halogens is 1. The molecule has 1 aromatic carbocycles. The number of nitrogens with zero attached hydrogens (tertiary/aromatic N) is 3. The smallest absolute Gasteiger partial charge is 0.291 e. The molecule has 1 amide bonds. The van der Waals surface area contributed by atoms with Crippen molar-refractivity contribution in [3.8, 4) is 0 Å². The Morgan fingerprint density at radius 2 is 2.14 bits per heavy atom. The molecular weight excluding hydrogens is 287 g/mol. The lowest BCUT2D eigenvalue weighted by atomic mass is 10.2. The highest BCUT2D eigenvalue weighted by atomic mass is 19.1. The lowest BCUT2D eigenvalue weighted by Gasteiger charge is -2.07. The number of carbonyl (C=O) groups is 1. The molecule has 0 saturated heterocycles. The number of benzene rings is 1. The molecule has 0 fully saturated rings. The van der Waals surface area contributed by atoms with Gasteiger partial charge >= 0.3 is 0 Å². The number of fused-ring (bicyclic) bond motifs is 1. The summed E-state index contributed by atoms with van der Waals surface area (Å²) in [5.41, 5.74) is 0.761. The number of rotatable bonds is 4. The summed E-state index contributed by atoms with van der Waals surface area (Å²) in [6.45, 7) is 0.00848. The molecule has 0 aliphatic carbocycles. The number of carbonyl (C=O) groups excluding carboxylic acids is 1. The fraction of sp³-hybridized carbons (Fsp3) is 0.133. The minimum absolute atomic E-state index is 0.185. The monoisotopic (exact) mass is 300 g/mol. The van der Waals surface area contributed by atoms with Crippen LogP contribution in [0.25, 0.3) is 5.52 Å². The van der Waals surface area contributed by atoms with Crippen molar-refractivity contribution in [3.05, 3.63) is 70.7 Å². The highest BCUT2D eigenvalue weighted by Crippen LogP contribution is 2.02. The number of hydrogen-bond donors (Lipinski definition) is 1. The van der Waals surface area contributed by atoms with Crippen LogP contribution in [0.3, 0.4) is 0 Å². The molecule has 0 radical (unpaired) electrons. The van der Waals surface area contributed by atoms with E-state index >= 15 is 0 Å². The standard InChI is InChI=1S/C15H13FN4O2/c16-12-4-1-3-11(7-12)8-17-14(21)9-20-15(22)13-5-2-6-19(13)10-18-20/h1-7,10H,8-9H2,(H,17,21). The Hall–Kier alpha value is -2.96. The van der Waals surface area contributed by atoms with Crippen molar-refractivity contribution in [1.82, 2.24) is 19.5 Å². The first-order valence-electron chi connectivity index (χ1n) is 6.67. The van der Waals surface area contributed by atoms with Crippen LogP contribution in [0.5, 0.6) is 0 Å². The molecule has 1 N–H and O–H groups in total. The largest absolute Gasteiger partial charge is 0.350 e. The summed E-state index contributed by atoms with van der Waals surface area (Å²) in [4.78, 5) is 24.0. The van der Waals surface area contributed by atoms with E-state index in [0.29, 0.717) is 11.1 Å². The zero-order valence-corrected chi connectivity index (χ0v) is 11.6. The van der Waals surface area contributed by atoms with Gasteiger partial charge in [0.05, 0.1) is 0 Å². The molecule has 22 heavy (non-hydrogen) atoms. The summed E-state index contributed by atoms with van der Waals surface area (Å²) >= 11 is 0. The van der Waals surface area contributed by atoms with Crippen LogP contribution in [0, 0.1) is 5.82 Å². The molecule has 0 spiro atoms. The molecule has 3 aromatic rings. The van der Waals surface area contributed by atoms with Gasteiger partial charge in [0.2, 0.25) is 5.91 Å². The minimum atomic E-state index is -0.366. The molecular formula is C15H13FN4O2. The van der Waals surface area contributed by atoms with Crippen LogP contribution in [0.1, 0.15) is 5.56 Å². The van der Waals surface area contributed by atoms with E-state index < -0.39 is 0 Å². The Morgan fingerprint density at radius 1 is 1.27 bits per heavy atom. The molecule has 3 rings (SSSR count). The average Bonchev–Trinajstić information content (AvgIpc) is 2.98. The van der Waals surface area contributed by atoms with Gasteiger partial charge in [-0.1, -0.05) is 12.1 Å². The van der Waals surface area contributed by atoms with Crippen molar-refractivity contribution < 1.29 is 9.18 Å². The molecule has 0 atom stereocenters. The van der Waals surface area contributed by atoms with Gasteiger partial charge < -0.3 is 9.72 Å².